The first-order valence-corrected chi connectivity index (χ1v) is 16.3. The van der Waals surface area contributed by atoms with Gasteiger partial charge in [0.25, 0.3) is 23.4 Å². The summed E-state index contributed by atoms with van der Waals surface area (Å²) in [5, 5.41) is 20.9. The van der Waals surface area contributed by atoms with E-state index >= 15 is 0 Å². The number of nitrogens with one attached hydrogen (secondary N) is 1. The number of fused-ring (bicyclic) bond motifs is 1. The molecule has 0 saturated carbocycles. The Morgan fingerprint density at radius 2 is 1.89 bits per heavy atom. The molecule has 5 rings (SSSR count). The first-order chi connectivity index (χ1) is 21.4. The number of hydroxylamine groups is 3. The number of aliphatic hydroxyl groups excluding tert-OH is 2. The van der Waals surface area contributed by atoms with Gasteiger partial charge < -0.3 is 30.3 Å². The Kier molecular flexibility index (Phi) is 10.0. The number of nitrogens with zero attached hydrogens (tertiary/aromatic N) is 6. The molecule has 0 bridgehead atoms. The van der Waals surface area contributed by atoms with E-state index in [1.54, 1.807) is 4.90 Å². The minimum atomic E-state index is -4.45. The molecule has 7 atom stereocenters. The molecule has 3 aliphatic rings. The predicted molar refractivity (Wildman–Crippen MR) is 158 cm³/mol. The molecule has 0 aromatic carbocycles. The number of aliphatic imine (C=N–C) groups is 1. The fourth-order valence-electron chi connectivity index (χ4n) is 5.52. The first kappa shape index (κ1) is 33.5. The van der Waals surface area contributed by atoms with Crippen LogP contribution in [0.1, 0.15) is 45.4 Å². The highest BCUT2D eigenvalue weighted by atomic mass is 31.2. The molecule has 19 heteroatoms. The molecule has 2 fully saturated rings. The number of anilines is 2. The van der Waals surface area contributed by atoms with Gasteiger partial charge in [-0.1, -0.05) is 0 Å². The molecule has 5 heterocycles. The molecular weight excluding hydrogens is 615 g/mol. The van der Waals surface area contributed by atoms with Crippen LogP contribution in [0.5, 0.6) is 0 Å². The number of nitrogens with two attached hydrogens (primary N) is 1. The number of aryl methyl sites for hydroxylation is 1. The summed E-state index contributed by atoms with van der Waals surface area (Å²) in [6.45, 7) is 7.57. The van der Waals surface area contributed by atoms with Crippen LogP contribution in [0.15, 0.2) is 22.1 Å². The third-order valence-corrected chi connectivity index (χ3v) is 9.92. The topological polar surface area (TPSA) is 234 Å². The van der Waals surface area contributed by atoms with Crippen molar-refractivity contribution in [2.45, 2.75) is 77.4 Å². The maximum atomic E-state index is 14.4. The number of quaternary nitrogens is 1. The number of aromatic amines is 1. The summed E-state index contributed by atoms with van der Waals surface area (Å²) in [4.78, 5) is 55.0. The molecule has 2 aromatic heterocycles. The van der Waals surface area contributed by atoms with Crippen LogP contribution in [0.2, 0.25) is 0 Å². The Balaban J connectivity index is 1.33. The lowest BCUT2D eigenvalue weighted by Crippen LogP contribution is -2.49. The van der Waals surface area contributed by atoms with E-state index in [1.807, 2.05) is 20.8 Å². The third-order valence-electron chi connectivity index (χ3n) is 8.38. The zero-order chi connectivity index (χ0) is 32.5. The van der Waals surface area contributed by atoms with Crippen molar-refractivity contribution in [2.24, 2.45) is 0 Å². The standard InChI is InChI=1S/C26H39N8O10P/c1-5-34(6-2,7-3)44-45(39,43-17-9-21(41-18(17)11-35)32-10-15(4)25(37)31-26(32)38)40-12-19-16(36)8-20(42-19)33-14-30-22-23(27)28-13-29-24(22)33/h10,13-14,16-21,35-36H,5-9,11-12H2,1-4H3,(H2-,27,28,29,31,37,38)/q+1/p+1/t16-,17-,18+,19+,20+,21+,45?/m0/s1. The minimum absolute atomic E-state index is 0.0129. The Hall–Kier alpha value is -2.90. The molecule has 2 saturated heterocycles. The van der Waals surface area contributed by atoms with Crippen molar-refractivity contribution in [1.82, 2.24) is 24.5 Å². The fraction of sp³-hybridized carbons (Fsp3) is 0.654. The van der Waals surface area contributed by atoms with Crippen molar-refractivity contribution < 1.29 is 42.9 Å². The van der Waals surface area contributed by atoms with Crippen LogP contribution in [0.4, 0.5) is 17.3 Å². The van der Waals surface area contributed by atoms with Gasteiger partial charge in [0.15, 0.2) is 5.82 Å². The smallest absolute Gasteiger partial charge is 0.449 e. The number of aromatic nitrogens is 4. The zero-order valence-electron chi connectivity index (χ0n) is 25.5. The van der Waals surface area contributed by atoms with Crippen LogP contribution >= 0.6 is 8.17 Å². The lowest BCUT2D eigenvalue weighted by atomic mass is 10.2. The molecule has 2 aromatic rings. The number of hydrogen-bond acceptors (Lipinski definition) is 15. The number of nitrogen functional groups attached to an aromatic ring is 1. The van der Waals surface area contributed by atoms with Crippen molar-refractivity contribution in [3.8, 4) is 0 Å². The van der Waals surface area contributed by atoms with Gasteiger partial charge in [0.2, 0.25) is 6.23 Å². The summed E-state index contributed by atoms with van der Waals surface area (Å²) >= 11 is 0. The fourth-order valence-corrected chi connectivity index (χ4v) is 7.32. The van der Waals surface area contributed by atoms with Gasteiger partial charge in [-0.05, 0) is 32.7 Å². The van der Waals surface area contributed by atoms with E-state index in [0.717, 1.165) is 0 Å². The molecule has 5 N–H and O–H groups in total. The lowest BCUT2D eigenvalue weighted by molar-refractivity contribution is -1.08. The summed E-state index contributed by atoms with van der Waals surface area (Å²) in [7, 11) is -4.45. The van der Waals surface area contributed by atoms with Gasteiger partial charge in [0.1, 0.15) is 57.1 Å². The largest absolute Gasteiger partial charge is 0.601 e. The van der Waals surface area contributed by atoms with Crippen LogP contribution in [0.25, 0.3) is 0 Å². The van der Waals surface area contributed by atoms with E-state index in [4.69, 9.17) is 28.9 Å². The monoisotopic (exact) mass is 655 g/mol. The second-order valence-corrected chi connectivity index (χ2v) is 12.5. The summed E-state index contributed by atoms with van der Waals surface area (Å²) in [6, 6.07) is 0. The number of hydrogen-bond donors (Lipinski definition) is 4. The van der Waals surface area contributed by atoms with Crippen molar-refractivity contribution in [3.05, 3.63) is 38.9 Å². The quantitative estimate of drug-likeness (QED) is 0.112. The number of ether oxygens (including phenoxy) is 2. The molecule has 45 heavy (non-hydrogen) atoms. The SMILES string of the molecule is CC[N+](CC)(CC)O[P+]([O-])(OC[C@H]1O[C@@H](N2C=[N+]c3c(N)ncnc32)C[C@@H]1O)O[C@H]1C[C@H](n2cc(C)c(=O)[nH]c2=O)O[C@@H]1CO. The lowest BCUT2D eigenvalue weighted by Gasteiger charge is -2.36. The first-order valence-electron chi connectivity index (χ1n) is 14.8. The number of H-pyrrole nitrogens is 1. The van der Waals surface area contributed by atoms with Crippen LogP contribution in [-0.2, 0) is 23.1 Å². The molecule has 1 unspecified atom stereocenters. The summed E-state index contributed by atoms with van der Waals surface area (Å²) in [5.41, 5.74) is 5.34. The molecule has 0 amide bonds. The molecule has 247 valence electrons. The number of rotatable bonds is 13. The molecule has 1 radical (unpaired) electrons. The molecule has 0 aliphatic carbocycles. The maximum Gasteiger partial charge on any atom is 0.449 e. The zero-order valence-corrected chi connectivity index (χ0v) is 26.4. The number of phosphoric ester groups is 1. The average molecular weight is 656 g/mol. The highest BCUT2D eigenvalue weighted by Crippen LogP contribution is 2.59. The predicted octanol–water partition coefficient (Wildman–Crippen LogP) is -1.26. The Labute approximate surface area is 259 Å². The van der Waals surface area contributed by atoms with Gasteiger partial charge in [0.05, 0.1) is 12.7 Å². The van der Waals surface area contributed by atoms with Crippen LogP contribution < -0.4 is 31.8 Å². The minimum Gasteiger partial charge on any atom is -0.601 e. The Morgan fingerprint density at radius 3 is 2.58 bits per heavy atom. The number of phosphoric acid groups is 1. The van der Waals surface area contributed by atoms with Crippen molar-refractivity contribution in [2.75, 3.05) is 43.5 Å². The van der Waals surface area contributed by atoms with Crippen molar-refractivity contribution >= 4 is 31.8 Å². The van der Waals surface area contributed by atoms with Gasteiger partial charge in [-0.3, -0.25) is 14.3 Å². The van der Waals surface area contributed by atoms with Gasteiger partial charge in [-0.2, -0.15) is 18.9 Å². The summed E-state index contributed by atoms with van der Waals surface area (Å²) < 4.78 is 31.0. The van der Waals surface area contributed by atoms with Gasteiger partial charge in [0, 0.05) is 29.2 Å². The van der Waals surface area contributed by atoms with Gasteiger partial charge >= 0.3 is 13.9 Å². The van der Waals surface area contributed by atoms with Crippen molar-refractivity contribution in [1.29, 1.82) is 0 Å². The normalized spacial score (nSPS) is 27.7. The van der Waals surface area contributed by atoms with Crippen LogP contribution in [-0.4, -0.2) is 104 Å². The van der Waals surface area contributed by atoms with E-state index < -0.39 is 62.9 Å². The van der Waals surface area contributed by atoms with Gasteiger partial charge in [-0.25, -0.2) is 9.78 Å². The Morgan fingerprint density at radius 1 is 1.18 bits per heavy atom. The molecule has 18 nitrogen and oxygen atoms in total. The van der Waals surface area contributed by atoms with E-state index in [-0.39, 0.29) is 35.5 Å². The third kappa shape index (κ3) is 6.80. The van der Waals surface area contributed by atoms with E-state index in [1.165, 1.54) is 30.4 Å². The molecule has 0 spiro atoms. The Bertz CT molecular complexity index is 1500. The molecular formula is C26H40N8O10P+2. The second kappa shape index (κ2) is 13.4. The number of aliphatic hydroxyl groups is 2. The molecule has 3 aliphatic heterocycles. The summed E-state index contributed by atoms with van der Waals surface area (Å²) in [6.07, 6.45) is -1.28. The van der Waals surface area contributed by atoms with E-state index in [9.17, 15) is 24.7 Å². The van der Waals surface area contributed by atoms with Crippen LogP contribution in [0, 0.1) is 6.92 Å². The van der Waals surface area contributed by atoms with E-state index in [0.29, 0.717) is 31.1 Å². The highest BCUT2D eigenvalue weighted by Gasteiger charge is 2.53. The highest BCUT2D eigenvalue weighted by molar-refractivity contribution is 7.53. The maximum absolute atomic E-state index is 14.4. The second-order valence-electron chi connectivity index (χ2n) is 11.0. The van der Waals surface area contributed by atoms with Crippen LogP contribution in [0.3, 0.4) is 0 Å². The summed E-state index contributed by atoms with van der Waals surface area (Å²) in [5.74, 6) is 0.633. The van der Waals surface area contributed by atoms with Crippen molar-refractivity contribution in [3.63, 3.8) is 0 Å². The average Bonchev–Trinajstić information content (AvgIpc) is 3.74. The van der Waals surface area contributed by atoms with E-state index in [2.05, 4.69) is 19.9 Å². The van der Waals surface area contributed by atoms with Gasteiger partial charge in [-0.15, -0.1) is 4.65 Å².